The molecule has 0 saturated heterocycles. The van der Waals surface area contributed by atoms with Crippen molar-refractivity contribution in [2.75, 3.05) is 0 Å². The second-order valence-electron chi connectivity index (χ2n) is 5.51. The van der Waals surface area contributed by atoms with Gasteiger partial charge in [-0.05, 0) is 6.07 Å². The molecule has 0 radical (unpaired) electrons. The van der Waals surface area contributed by atoms with Crippen molar-refractivity contribution in [1.82, 2.24) is 24.2 Å². The molecule has 4 heterocycles. The largest absolute Gasteiger partial charge is 0.472 e. The van der Waals surface area contributed by atoms with Crippen molar-refractivity contribution in [2.24, 2.45) is 7.05 Å². The predicted molar refractivity (Wildman–Crippen MR) is 76.2 cm³/mol. The van der Waals surface area contributed by atoms with Crippen molar-refractivity contribution in [2.45, 2.75) is 26.2 Å². The quantitative estimate of drug-likeness (QED) is 0.732. The minimum absolute atomic E-state index is 0.780. The van der Waals surface area contributed by atoms with Crippen LogP contribution in [0.15, 0.2) is 41.7 Å². The fourth-order valence-corrected chi connectivity index (χ4v) is 2.97. The van der Waals surface area contributed by atoms with Gasteiger partial charge in [0.1, 0.15) is 0 Å². The van der Waals surface area contributed by atoms with E-state index in [0.717, 1.165) is 31.9 Å². The third-order valence-corrected chi connectivity index (χ3v) is 3.99. The van der Waals surface area contributed by atoms with E-state index >= 15 is 0 Å². The molecule has 3 aromatic heterocycles. The van der Waals surface area contributed by atoms with Crippen molar-refractivity contribution < 1.29 is 4.42 Å². The zero-order chi connectivity index (χ0) is 14.2. The zero-order valence-electron chi connectivity index (χ0n) is 11.9. The molecule has 0 N–H and O–H groups in total. The lowest BCUT2D eigenvalue weighted by molar-refractivity contribution is 0.267. The van der Waals surface area contributed by atoms with Gasteiger partial charge >= 0.3 is 0 Å². The van der Waals surface area contributed by atoms with Gasteiger partial charge in [-0.3, -0.25) is 9.58 Å². The maximum atomic E-state index is 5.15. The smallest absolute Gasteiger partial charge is 0.0949 e. The summed E-state index contributed by atoms with van der Waals surface area (Å²) in [7, 11) is 2.03. The molecule has 0 saturated carbocycles. The Kier molecular flexibility index (Phi) is 2.89. The number of aryl methyl sites for hydroxylation is 1. The lowest BCUT2D eigenvalue weighted by Crippen LogP contribution is -2.17. The molecule has 0 unspecified atom stereocenters. The normalized spacial score (nSPS) is 14.7. The van der Waals surface area contributed by atoms with Gasteiger partial charge in [-0.1, -0.05) is 0 Å². The van der Waals surface area contributed by atoms with Crippen molar-refractivity contribution in [1.29, 1.82) is 0 Å². The molecule has 6 heteroatoms. The molecule has 0 atom stereocenters. The second kappa shape index (κ2) is 4.89. The molecule has 3 aromatic rings. The van der Waals surface area contributed by atoms with Crippen LogP contribution in [-0.4, -0.2) is 24.2 Å². The molecule has 0 spiro atoms. The maximum absolute atomic E-state index is 5.15. The van der Waals surface area contributed by atoms with E-state index in [1.165, 1.54) is 16.8 Å². The first-order valence-corrected chi connectivity index (χ1v) is 7.02. The molecule has 1 aliphatic heterocycles. The molecule has 4 rings (SSSR count). The monoisotopic (exact) mass is 283 g/mol. The second-order valence-corrected chi connectivity index (χ2v) is 5.51. The first kappa shape index (κ1) is 12.4. The number of nitrogens with zero attached hydrogens (tertiary/aromatic N) is 5. The number of imidazole rings is 1. The predicted octanol–water partition coefficient (Wildman–Crippen LogP) is 1.77. The van der Waals surface area contributed by atoms with Crippen LogP contribution in [0.5, 0.6) is 0 Å². The summed E-state index contributed by atoms with van der Waals surface area (Å²) in [4.78, 5) is 6.50. The molecule has 1 aliphatic rings. The molecule has 6 nitrogen and oxygen atoms in total. The Balaban J connectivity index is 1.55. The summed E-state index contributed by atoms with van der Waals surface area (Å²) in [6.45, 7) is 3.57. The summed E-state index contributed by atoms with van der Waals surface area (Å²) in [6.07, 6.45) is 9.14. The Morgan fingerprint density at radius 2 is 2.24 bits per heavy atom. The number of hydrogen-bond acceptors (Lipinski definition) is 4. The van der Waals surface area contributed by atoms with Crippen LogP contribution in [0.1, 0.15) is 22.5 Å². The van der Waals surface area contributed by atoms with Gasteiger partial charge in [-0.2, -0.15) is 5.10 Å². The summed E-state index contributed by atoms with van der Waals surface area (Å²) in [5.74, 6) is 0. The molecule has 0 amide bonds. The van der Waals surface area contributed by atoms with Crippen molar-refractivity contribution in [3.8, 4) is 0 Å². The third kappa shape index (κ3) is 2.27. The van der Waals surface area contributed by atoms with E-state index in [-0.39, 0.29) is 0 Å². The number of furan rings is 1. The Hall–Kier alpha value is -2.34. The molecule has 0 bridgehead atoms. The van der Waals surface area contributed by atoms with E-state index in [1.54, 1.807) is 12.5 Å². The standard InChI is InChI=1S/C15H17N5O/c1-18-15-9-20(6-12-2-5-21-10-12)7-13(15)14(17-18)8-19-4-3-16-11-19/h2-5,10-11H,6-9H2,1H3. The Labute approximate surface area is 122 Å². The topological polar surface area (TPSA) is 52.0 Å². The van der Waals surface area contributed by atoms with Gasteiger partial charge in [0.2, 0.25) is 0 Å². The van der Waals surface area contributed by atoms with Crippen LogP contribution < -0.4 is 0 Å². The van der Waals surface area contributed by atoms with Gasteiger partial charge in [0, 0.05) is 50.2 Å². The van der Waals surface area contributed by atoms with Crippen LogP contribution in [0.2, 0.25) is 0 Å². The van der Waals surface area contributed by atoms with E-state index in [9.17, 15) is 0 Å². The van der Waals surface area contributed by atoms with Gasteiger partial charge in [0.05, 0.1) is 36.8 Å². The molecule has 0 fully saturated rings. The van der Waals surface area contributed by atoms with Crippen LogP contribution in [-0.2, 0) is 33.2 Å². The molecule has 21 heavy (non-hydrogen) atoms. The average molecular weight is 283 g/mol. The first-order chi connectivity index (χ1) is 10.3. The fraction of sp³-hybridized carbons (Fsp3) is 0.333. The van der Waals surface area contributed by atoms with E-state index in [2.05, 4.69) is 19.5 Å². The van der Waals surface area contributed by atoms with Crippen molar-refractivity contribution >= 4 is 0 Å². The van der Waals surface area contributed by atoms with E-state index in [0.29, 0.717) is 0 Å². The Morgan fingerprint density at radius 3 is 3.00 bits per heavy atom. The number of fused-ring (bicyclic) bond motifs is 1. The summed E-state index contributed by atoms with van der Waals surface area (Å²) >= 11 is 0. The summed E-state index contributed by atoms with van der Waals surface area (Å²) in [5.41, 5.74) is 5.02. The SMILES string of the molecule is Cn1nc(Cn2ccnc2)c2c1CN(Cc1ccoc1)C2. The third-order valence-electron chi connectivity index (χ3n) is 3.99. The highest BCUT2D eigenvalue weighted by Crippen LogP contribution is 2.27. The van der Waals surface area contributed by atoms with Gasteiger partial charge in [-0.15, -0.1) is 0 Å². The van der Waals surface area contributed by atoms with Gasteiger partial charge in [-0.25, -0.2) is 4.98 Å². The molecular formula is C15H17N5O. The van der Waals surface area contributed by atoms with E-state index in [4.69, 9.17) is 4.42 Å². The highest BCUT2D eigenvalue weighted by atomic mass is 16.3. The number of rotatable bonds is 4. The van der Waals surface area contributed by atoms with Crippen LogP contribution in [0.3, 0.4) is 0 Å². The maximum Gasteiger partial charge on any atom is 0.0949 e. The van der Waals surface area contributed by atoms with Crippen LogP contribution in [0.4, 0.5) is 0 Å². The van der Waals surface area contributed by atoms with Crippen molar-refractivity contribution in [3.05, 3.63) is 59.8 Å². The molecule has 108 valence electrons. The average Bonchev–Trinajstić information content (AvgIpc) is 3.20. The van der Waals surface area contributed by atoms with E-state index < -0.39 is 0 Å². The summed E-state index contributed by atoms with van der Waals surface area (Å²) < 4.78 is 9.21. The fourth-order valence-electron chi connectivity index (χ4n) is 2.97. The molecular weight excluding hydrogens is 266 g/mol. The highest BCUT2D eigenvalue weighted by Gasteiger charge is 2.26. The lowest BCUT2D eigenvalue weighted by Gasteiger charge is -2.14. The van der Waals surface area contributed by atoms with E-state index in [1.807, 2.05) is 36.6 Å². The minimum atomic E-state index is 0.780. The van der Waals surface area contributed by atoms with Crippen molar-refractivity contribution in [3.63, 3.8) is 0 Å². The number of hydrogen-bond donors (Lipinski definition) is 0. The number of aromatic nitrogens is 4. The van der Waals surface area contributed by atoms with Gasteiger partial charge in [0.15, 0.2) is 0 Å². The van der Waals surface area contributed by atoms with Crippen LogP contribution in [0, 0.1) is 0 Å². The zero-order valence-corrected chi connectivity index (χ0v) is 11.9. The molecule has 0 aliphatic carbocycles. The van der Waals surface area contributed by atoms with Gasteiger partial charge < -0.3 is 8.98 Å². The summed E-state index contributed by atoms with van der Waals surface area (Å²) in [5, 5.41) is 4.66. The summed E-state index contributed by atoms with van der Waals surface area (Å²) in [6, 6.07) is 2.02. The van der Waals surface area contributed by atoms with Gasteiger partial charge in [0.25, 0.3) is 0 Å². The first-order valence-electron chi connectivity index (χ1n) is 7.02. The van der Waals surface area contributed by atoms with Crippen LogP contribution >= 0.6 is 0 Å². The van der Waals surface area contributed by atoms with Crippen LogP contribution in [0.25, 0.3) is 0 Å². The minimum Gasteiger partial charge on any atom is -0.472 e. The Bertz CT molecular complexity index is 727. The lowest BCUT2D eigenvalue weighted by atomic mass is 10.2. The highest BCUT2D eigenvalue weighted by molar-refractivity contribution is 5.30. The molecule has 0 aromatic carbocycles. The Morgan fingerprint density at radius 1 is 1.29 bits per heavy atom.